The average molecular weight is 228 g/mol. The SMILES string of the molecule is C=CCN(CCOC)C(=O)NC1CCOC1. The van der Waals surface area contributed by atoms with Gasteiger partial charge in [0.2, 0.25) is 0 Å². The van der Waals surface area contributed by atoms with Crippen molar-refractivity contribution in [2.75, 3.05) is 40.0 Å². The third-order valence-corrected chi connectivity index (χ3v) is 2.46. The van der Waals surface area contributed by atoms with Crippen molar-refractivity contribution < 1.29 is 14.3 Å². The molecule has 16 heavy (non-hydrogen) atoms. The Morgan fingerprint density at radius 1 is 1.75 bits per heavy atom. The zero-order valence-corrected chi connectivity index (χ0v) is 9.78. The molecule has 1 unspecified atom stereocenters. The van der Waals surface area contributed by atoms with E-state index in [1.807, 2.05) is 0 Å². The van der Waals surface area contributed by atoms with Gasteiger partial charge in [-0.3, -0.25) is 0 Å². The summed E-state index contributed by atoms with van der Waals surface area (Å²) < 4.78 is 10.2. The lowest BCUT2D eigenvalue weighted by molar-refractivity contribution is 0.150. The molecule has 1 heterocycles. The summed E-state index contributed by atoms with van der Waals surface area (Å²) in [5.74, 6) is 0. The van der Waals surface area contributed by atoms with Crippen LogP contribution in [0.3, 0.4) is 0 Å². The first kappa shape index (κ1) is 13.0. The molecule has 0 aliphatic carbocycles. The van der Waals surface area contributed by atoms with Crippen LogP contribution in [-0.4, -0.2) is 57.0 Å². The number of nitrogens with one attached hydrogen (secondary N) is 1. The van der Waals surface area contributed by atoms with Crippen molar-refractivity contribution in [3.05, 3.63) is 12.7 Å². The predicted molar refractivity (Wildman–Crippen MR) is 61.4 cm³/mol. The van der Waals surface area contributed by atoms with Crippen molar-refractivity contribution in [2.24, 2.45) is 0 Å². The smallest absolute Gasteiger partial charge is 0.318 e. The van der Waals surface area contributed by atoms with Gasteiger partial charge in [-0.05, 0) is 6.42 Å². The second-order valence-electron chi connectivity index (χ2n) is 3.74. The van der Waals surface area contributed by atoms with Crippen molar-refractivity contribution in [1.82, 2.24) is 10.2 Å². The molecule has 2 amide bonds. The van der Waals surface area contributed by atoms with Gasteiger partial charge in [0.25, 0.3) is 0 Å². The fraction of sp³-hybridized carbons (Fsp3) is 0.727. The van der Waals surface area contributed by atoms with Gasteiger partial charge in [-0.2, -0.15) is 0 Å². The minimum Gasteiger partial charge on any atom is -0.383 e. The standard InChI is InChI=1S/C11H20N2O3/c1-3-5-13(6-8-15-2)11(14)12-10-4-7-16-9-10/h3,10H,1,4-9H2,2H3,(H,12,14). The van der Waals surface area contributed by atoms with E-state index >= 15 is 0 Å². The van der Waals surface area contributed by atoms with Gasteiger partial charge in [0.15, 0.2) is 0 Å². The summed E-state index contributed by atoms with van der Waals surface area (Å²) in [6.07, 6.45) is 2.60. The van der Waals surface area contributed by atoms with Crippen LogP contribution in [0.2, 0.25) is 0 Å². The van der Waals surface area contributed by atoms with E-state index in [0.717, 1.165) is 13.0 Å². The molecule has 1 N–H and O–H groups in total. The Hall–Kier alpha value is -1.07. The fourth-order valence-corrected chi connectivity index (χ4v) is 1.55. The van der Waals surface area contributed by atoms with E-state index in [9.17, 15) is 4.79 Å². The van der Waals surface area contributed by atoms with Crippen molar-refractivity contribution in [2.45, 2.75) is 12.5 Å². The molecule has 1 fully saturated rings. The monoisotopic (exact) mass is 228 g/mol. The highest BCUT2D eigenvalue weighted by molar-refractivity contribution is 5.74. The lowest BCUT2D eigenvalue weighted by atomic mass is 10.3. The number of amides is 2. The first-order valence-corrected chi connectivity index (χ1v) is 5.51. The summed E-state index contributed by atoms with van der Waals surface area (Å²) in [7, 11) is 1.62. The molecule has 1 aliphatic heterocycles. The van der Waals surface area contributed by atoms with Gasteiger partial charge in [0, 0.05) is 26.8 Å². The molecule has 0 saturated carbocycles. The molecule has 1 atom stereocenters. The van der Waals surface area contributed by atoms with E-state index in [1.54, 1.807) is 18.1 Å². The fourth-order valence-electron chi connectivity index (χ4n) is 1.55. The Bertz CT molecular complexity index is 227. The first-order valence-electron chi connectivity index (χ1n) is 5.51. The zero-order valence-electron chi connectivity index (χ0n) is 9.78. The highest BCUT2D eigenvalue weighted by atomic mass is 16.5. The molecule has 5 heteroatoms. The lowest BCUT2D eigenvalue weighted by Crippen LogP contribution is -2.46. The zero-order chi connectivity index (χ0) is 11.8. The summed E-state index contributed by atoms with van der Waals surface area (Å²) in [6, 6.07) is 0.0646. The number of hydrogen-bond acceptors (Lipinski definition) is 3. The minimum atomic E-state index is -0.0764. The van der Waals surface area contributed by atoms with Crippen LogP contribution < -0.4 is 5.32 Å². The van der Waals surface area contributed by atoms with Gasteiger partial charge in [-0.15, -0.1) is 6.58 Å². The Labute approximate surface area is 96.4 Å². The highest BCUT2D eigenvalue weighted by Gasteiger charge is 2.20. The van der Waals surface area contributed by atoms with Crippen molar-refractivity contribution in [1.29, 1.82) is 0 Å². The largest absolute Gasteiger partial charge is 0.383 e. The maximum atomic E-state index is 11.9. The number of methoxy groups -OCH3 is 1. The van der Waals surface area contributed by atoms with E-state index in [1.165, 1.54) is 0 Å². The van der Waals surface area contributed by atoms with E-state index in [4.69, 9.17) is 9.47 Å². The molecule has 0 bridgehead atoms. The number of ether oxygens (including phenoxy) is 2. The average Bonchev–Trinajstić information content (AvgIpc) is 2.76. The maximum absolute atomic E-state index is 11.9. The molecule has 0 aromatic rings. The predicted octanol–water partition coefficient (Wildman–Crippen LogP) is 0.619. The molecular weight excluding hydrogens is 208 g/mol. The third-order valence-electron chi connectivity index (χ3n) is 2.46. The van der Waals surface area contributed by atoms with Gasteiger partial charge in [-0.1, -0.05) is 6.08 Å². The van der Waals surface area contributed by atoms with E-state index in [-0.39, 0.29) is 12.1 Å². The van der Waals surface area contributed by atoms with E-state index < -0.39 is 0 Å². The van der Waals surface area contributed by atoms with Crippen LogP contribution in [0.5, 0.6) is 0 Å². The van der Waals surface area contributed by atoms with Gasteiger partial charge in [-0.25, -0.2) is 4.79 Å². The lowest BCUT2D eigenvalue weighted by Gasteiger charge is -2.23. The van der Waals surface area contributed by atoms with Crippen LogP contribution in [0, 0.1) is 0 Å². The van der Waals surface area contributed by atoms with Crippen LogP contribution in [0.25, 0.3) is 0 Å². The quantitative estimate of drug-likeness (QED) is 0.678. The summed E-state index contributed by atoms with van der Waals surface area (Å²) in [5, 5.41) is 2.93. The number of carbonyl (C=O) groups is 1. The summed E-state index contributed by atoms with van der Waals surface area (Å²) in [6.45, 7) is 6.60. The number of carbonyl (C=O) groups excluding carboxylic acids is 1. The first-order chi connectivity index (χ1) is 7.77. The number of urea groups is 1. The van der Waals surface area contributed by atoms with Gasteiger partial charge in [0.1, 0.15) is 0 Å². The van der Waals surface area contributed by atoms with Gasteiger partial charge in [0.05, 0.1) is 19.3 Å². The Kier molecular flexibility index (Phi) is 5.88. The van der Waals surface area contributed by atoms with E-state index in [0.29, 0.717) is 26.3 Å². The minimum absolute atomic E-state index is 0.0764. The Morgan fingerprint density at radius 2 is 2.56 bits per heavy atom. The molecule has 0 aromatic heterocycles. The summed E-state index contributed by atoms with van der Waals surface area (Å²) in [4.78, 5) is 13.5. The van der Waals surface area contributed by atoms with Crippen LogP contribution in [-0.2, 0) is 9.47 Å². The summed E-state index contributed by atoms with van der Waals surface area (Å²) in [5.41, 5.74) is 0. The van der Waals surface area contributed by atoms with Crippen LogP contribution >= 0.6 is 0 Å². The molecule has 1 saturated heterocycles. The molecule has 92 valence electrons. The second-order valence-corrected chi connectivity index (χ2v) is 3.74. The molecule has 1 aliphatic rings. The van der Waals surface area contributed by atoms with Crippen molar-refractivity contribution in [3.8, 4) is 0 Å². The molecule has 0 aromatic carbocycles. The van der Waals surface area contributed by atoms with Gasteiger partial charge >= 0.3 is 6.03 Å². The van der Waals surface area contributed by atoms with Gasteiger partial charge < -0.3 is 19.7 Å². The Balaban J connectivity index is 2.35. The van der Waals surface area contributed by atoms with Crippen LogP contribution in [0.4, 0.5) is 4.79 Å². The van der Waals surface area contributed by atoms with Crippen LogP contribution in [0.1, 0.15) is 6.42 Å². The van der Waals surface area contributed by atoms with Crippen LogP contribution in [0.15, 0.2) is 12.7 Å². The topological polar surface area (TPSA) is 50.8 Å². The van der Waals surface area contributed by atoms with E-state index in [2.05, 4.69) is 11.9 Å². The third kappa shape index (κ3) is 4.20. The number of hydrogen-bond donors (Lipinski definition) is 1. The second kappa shape index (κ2) is 7.24. The maximum Gasteiger partial charge on any atom is 0.318 e. The molecule has 1 rings (SSSR count). The number of rotatable bonds is 6. The molecule has 0 radical (unpaired) electrons. The Morgan fingerprint density at radius 3 is 3.12 bits per heavy atom. The van der Waals surface area contributed by atoms with Crippen molar-refractivity contribution in [3.63, 3.8) is 0 Å². The normalized spacial score (nSPS) is 19.4. The highest BCUT2D eigenvalue weighted by Crippen LogP contribution is 2.04. The molecular formula is C11H20N2O3. The summed E-state index contributed by atoms with van der Waals surface area (Å²) >= 11 is 0. The van der Waals surface area contributed by atoms with Crippen molar-refractivity contribution >= 4 is 6.03 Å². The number of nitrogens with zero attached hydrogens (tertiary/aromatic N) is 1. The molecule has 0 spiro atoms. The molecule has 5 nitrogen and oxygen atoms in total.